The molecule has 0 amide bonds. The molecule has 0 aliphatic rings. The standard InChI is InChI=1S/C15H20N4O2/c1-11(5-3-7-16)19(18-20)14-10-13(21-2)9-12-6-4-8-17-15(12)14/h4,6,8-11H,3,5,7,16H2,1-2H3/i2D3. The fourth-order valence-corrected chi connectivity index (χ4v) is 2.28. The lowest BCUT2D eigenvalue weighted by molar-refractivity contribution is 0.415. The third-order valence-corrected chi connectivity index (χ3v) is 3.35. The normalized spacial score (nSPS) is 14.9. The molecule has 2 aromatic rings. The molecule has 112 valence electrons. The highest BCUT2D eigenvalue weighted by Crippen LogP contribution is 2.32. The number of nitroso groups, excluding NO2 is 1. The molecule has 0 aliphatic heterocycles. The maximum absolute atomic E-state index is 11.4. The highest BCUT2D eigenvalue weighted by atomic mass is 16.5. The Kier molecular flexibility index (Phi) is 3.81. The van der Waals surface area contributed by atoms with Crippen LogP contribution in [0.2, 0.25) is 0 Å². The molecule has 0 radical (unpaired) electrons. The van der Waals surface area contributed by atoms with Gasteiger partial charge in [0.1, 0.15) is 5.75 Å². The Hall–Kier alpha value is -2.21. The number of hydrogen-bond donors (Lipinski definition) is 1. The summed E-state index contributed by atoms with van der Waals surface area (Å²) in [5.41, 5.74) is 6.48. The molecular formula is C15H20N4O2. The van der Waals surface area contributed by atoms with Crippen molar-refractivity contribution in [1.29, 1.82) is 0 Å². The molecule has 6 nitrogen and oxygen atoms in total. The molecule has 1 atom stereocenters. The zero-order chi connectivity index (χ0) is 17.7. The van der Waals surface area contributed by atoms with Crippen LogP contribution in [0.4, 0.5) is 5.69 Å². The summed E-state index contributed by atoms with van der Waals surface area (Å²) in [6.45, 7) is 2.36. The van der Waals surface area contributed by atoms with Gasteiger partial charge >= 0.3 is 0 Å². The van der Waals surface area contributed by atoms with Crippen molar-refractivity contribution < 1.29 is 8.85 Å². The number of benzene rings is 1. The van der Waals surface area contributed by atoms with E-state index in [1.54, 1.807) is 24.4 Å². The van der Waals surface area contributed by atoms with E-state index in [0.29, 0.717) is 29.6 Å². The van der Waals surface area contributed by atoms with Crippen LogP contribution in [-0.2, 0) is 0 Å². The Balaban J connectivity index is 2.50. The van der Waals surface area contributed by atoms with E-state index in [4.69, 9.17) is 14.6 Å². The van der Waals surface area contributed by atoms with Gasteiger partial charge in [0.2, 0.25) is 0 Å². The van der Waals surface area contributed by atoms with Gasteiger partial charge in [0.15, 0.2) is 0 Å². The second-order valence-corrected chi connectivity index (χ2v) is 4.83. The van der Waals surface area contributed by atoms with Crippen molar-refractivity contribution in [2.75, 3.05) is 18.6 Å². The number of pyridine rings is 1. The van der Waals surface area contributed by atoms with Crippen molar-refractivity contribution in [3.05, 3.63) is 35.4 Å². The first-order chi connectivity index (χ1) is 11.4. The molecule has 2 N–H and O–H groups in total. The molecule has 0 saturated heterocycles. The largest absolute Gasteiger partial charge is 0.497 e. The number of nitrogens with zero attached hydrogens (tertiary/aromatic N) is 3. The number of ether oxygens (including phenoxy) is 1. The molecule has 0 aliphatic carbocycles. The van der Waals surface area contributed by atoms with Gasteiger partial charge in [-0.05, 0) is 38.4 Å². The molecule has 0 bridgehead atoms. The fraction of sp³-hybridized carbons (Fsp3) is 0.400. The molecule has 1 unspecified atom stereocenters. The summed E-state index contributed by atoms with van der Waals surface area (Å²) in [5, 5.41) is 5.06. The smallest absolute Gasteiger partial charge is 0.121 e. The minimum atomic E-state index is -2.59. The van der Waals surface area contributed by atoms with E-state index in [9.17, 15) is 4.91 Å². The molecule has 6 heteroatoms. The minimum absolute atomic E-state index is 0.130. The Morgan fingerprint density at radius 2 is 2.43 bits per heavy atom. The quantitative estimate of drug-likeness (QED) is 0.626. The van der Waals surface area contributed by atoms with Gasteiger partial charge in [-0.15, -0.1) is 4.91 Å². The maximum atomic E-state index is 11.4. The van der Waals surface area contributed by atoms with E-state index in [0.717, 1.165) is 6.42 Å². The zero-order valence-corrected chi connectivity index (χ0v) is 11.8. The van der Waals surface area contributed by atoms with Crippen LogP contribution in [0.5, 0.6) is 5.75 Å². The summed E-state index contributed by atoms with van der Waals surface area (Å²) in [5.74, 6) is 0.130. The molecule has 0 fully saturated rings. The number of anilines is 1. The van der Waals surface area contributed by atoms with Gasteiger partial charge in [-0.3, -0.25) is 4.98 Å². The van der Waals surface area contributed by atoms with Crippen LogP contribution in [0.3, 0.4) is 0 Å². The summed E-state index contributed by atoms with van der Waals surface area (Å²) in [6.07, 6.45) is 3.01. The lowest BCUT2D eigenvalue weighted by Crippen LogP contribution is -2.28. The number of hydrogen-bond acceptors (Lipinski definition) is 5. The van der Waals surface area contributed by atoms with Crippen molar-refractivity contribution in [3.63, 3.8) is 0 Å². The molecule has 0 saturated carbocycles. The van der Waals surface area contributed by atoms with Gasteiger partial charge in [-0.25, -0.2) is 5.01 Å². The van der Waals surface area contributed by atoms with Crippen LogP contribution in [0, 0.1) is 4.91 Å². The van der Waals surface area contributed by atoms with Gasteiger partial charge in [-0.1, -0.05) is 6.07 Å². The predicted octanol–water partition coefficient (Wildman–Crippen LogP) is 2.86. The molecule has 2 rings (SSSR count). The first kappa shape index (κ1) is 11.4. The second kappa shape index (κ2) is 6.99. The first-order valence-electron chi connectivity index (χ1n) is 8.26. The van der Waals surface area contributed by atoms with E-state index in [1.807, 2.05) is 6.92 Å². The number of nitrogens with two attached hydrogens (primary N) is 1. The zero-order valence-electron chi connectivity index (χ0n) is 14.8. The fourth-order valence-electron chi connectivity index (χ4n) is 2.28. The van der Waals surface area contributed by atoms with Crippen LogP contribution < -0.4 is 15.5 Å². The Bertz CT molecular complexity index is 709. The monoisotopic (exact) mass is 291 g/mol. The Morgan fingerprint density at radius 1 is 1.57 bits per heavy atom. The van der Waals surface area contributed by atoms with E-state index in [1.165, 1.54) is 11.1 Å². The van der Waals surface area contributed by atoms with Gasteiger partial charge < -0.3 is 10.5 Å². The molecule has 0 spiro atoms. The third-order valence-electron chi connectivity index (χ3n) is 3.35. The van der Waals surface area contributed by atoms with Crippen LogP contribution >= 0.6 is 0 Å². The number of methoxy groups -OCH3 is 1. The topological polar surface area (TPSA) is 80.8 Å². The van der Waals surface area contributed by atoms with Crippen LogP contribution in [-0.4, -0.2) is 24.6 Å². The first-order valence-corrected chi connectivity index (χ1v) is 6.76. The summed E-state index contributed by atoms with van der Waals surface area (Å²) < 4.78 is 26.8. The highest BCUT2D eigenvalue weighted by Gasteiger charge is 2.19. The van der Waals surface area contributed by atoms with Gasteiger partial charge in [0.25, 0.3) is 0 Å². The summed E-state index contributed by atoms with van der Waals surface area (Å²) >= 11 is 0. The van der Waals surface area contributed by atoms with Crippen LogP contribution in [0.25, 0.3) is 10.9 Å². The van der Waals surface area contributed by atoms with Gasteiger partial charge in [0.05, 0.1) is 33.7 Å². The molecule has 21 heavy (non-hydrogen) atoms. The SMILES string of the molecule is [2H]C([2H])([2H])Oc1cc(N(N=O)C(C)CCCN)c2ncccc2c1. The number of aromatic nitrogens is 1. The molecule has 1 aromatic heterocycles. The van der Waals surface area contributed by atoms with Crippen molar-refractivity contribution in [3.8, 4) is 5.75 Å². The lowest BCUT2D eigenvalue weighted by atomic mass is 10.1. The summed E-state index contributed by atoms with van der Waals surface area (Å²) in [4.78, 5) is 15.7. The predicted molar refractivity (Wildman–Crippen MR) is 84.3 cm³/mol. The van der Waals surface area contributed by atoms with Gasteiger partial charge in [0, 0.05) is 17.6 Å². The average molecular weight is 291 g/mol. The third kappa shape index (κ3) is 3.28. The number of rotatable bonds is 7. The van der Waals surface area contributed by atoms with E-state index >= 15 is 0 Å². The maximum Gasteiger partial charge on any atom is 0.121 e. The van der Waals surface area contributed by atoms with E-state index < -0.39 is 7.04 Å². The number of fused-ring (bicyclic) bond motifs is 1. The lowest BCUT2D eigenvalue weighted by Gasteiger charge is -2.24. The van der Waals surface area contributed by atoms with Crippen molar-refractivity contribution in [2.45, 2.75) is 25.8 Å². The summed E-state index contributed by atoms with van der Waals surface area (Å²) in [6, 6.07) is 6.33. The second-order valence-electron chi connectivity index (χ2n) is 4.83. The minimum Gasteiger partial charge on any atom is -0.497 e. The summed E-state index contributed by atoms with van der Waals surface area (Å²) in [7, 11) is -2.59. The Labute approximate surface area is 128 Å². The van der Waals surface area contributed by atoms with Crippen LogP contribution in [0.1, 0.15) is 23.9 Å². The van der Waals surface area contributed by atoms with E-state index in [2.05, 4.69) is 10.3 Å². The highest BCUT2D eigenvalue weighted by molar-refractivity contribution is 5.92. The van der Waals surface area contributed by atoms with Crippen molar-refractivity contribution in [1.82, 2.24) is 4.98 Å². The van der Waals surface area contributed by atoms with Gasteiger partial charge in [-0.2, -0.15) is 0 Å². The van der Waals surface area contributed by atoms with Crippen molar-refractivity contribution in [2.24, 2.45) is 11.0 Å². The molecule has 1 heterocycles. The Morgan fingerprint density at radius 3 is 3.14 bits per heavy atom. The van der Waals surface area contributed by atoms with E-state index in [-0.39, 0.29) is 11.8 Å². The van der Waals surface area contributed by atoms with Crippen molar-refractivity contribution >= 4 is 16.6 Å². The average Bonchev–Trinajstić information content (AvgIpc) is 2.52. The molecular weight excluding hydrogens is 268 g/mol. The molecule has 1 aromatic carbocycles. The van der Waals surface area contributed by atoms with Crippen LogP contribution in [0.15, 0.2) is 35.7 Å².